The van der Waals surface area contributed by atoms with Crippen molar-refractivity contribution in [2.45, 2.75) is 58.9 Å². The lowest BCUT2D eigenvalue weighted by atomic mass is 9.65. The van der Waals surface area contributed by atoms with Gasteiger partial charge < -0.3 is 10.6 Å². The van der Waals surface area contributed by atoms with Gasteiger partial charge >= 0.3 is 0 Å². The number of guanidine groups is 1. The molecule has 5 nitrogen and oxygen atoms in total. The van der Waals surface area contributed by atoms with Crippen molar-refractivity contribution in [3.8, 4) is 0 Å². The molecule has 0 aliphatic heterocycles. The van der Waals surface area contributed by atoms with Gasteiger partial charge in [0.25, 0.3) is 0 Å². The summed E-state index contributed by atoms with van der Waals surface area (Å²) in [6.07, 6.45) is 8.15. The van der Waals surface area contributed by atoms with Crippen molar-refractivity contribution < 1.29 is 0 Å². The lowest BCUT2D eigenvalue weighted by molar-refractivity contribution is 0.106. The van der Waals surface area contributed by atoms with Gasteiger partial charge in [-0.3, -0.25) is 9.67 Å². The number of nitrogens with zero attached hydrogens (tertiary/aromatic N) is 3. The highest BCUT2D eigenvalue weighted by Crippen LogP contribution is 2.56. The molecule has 1 aromatic rings. The van der Waals surface area contributed by atoms with Gasteiger partial charge in [0.1, 0.15) is 0 Å². The maximum atomic E-state index is 4.50. The molecule has 2 aliphatic rings. The van der Waals surface area contributed by atoms with Crippen LogP contribution in [0.25, 0.3) is 0 Å². The average molecular weight is 317 g/mol. The standard InChI is InChI=1S/C18H31N5/c1-14-12-15(2)23(22-14)11-5-10-20-17(19-3)21-13-18(8-4-9-18)16-6-7-16/h12,16H,4-11,13H2,1-3H3,(H2,19,20,21). The predicted octanol–water partition coefficient (Wildman–Crippen LogP) is 2.64. The Balaban J connectivity index is 1.37. The van der Waals surface area contributed by atoms with Crippen LogP contribution in [0.5, 0.6) is 0 Å². The molecule has 0 saturated heterocycles. The summed E-state index contributed by atoms with van der Waals surface area (Å²) in [5.41, 5.74) is 2.92. The van der Waals surface area contributed by atoms with Crippen molar-refractivity contribution in [3.63, 3.8) is 0 Å². The summed E-state index contributed by atoms with van der Waals surface area (Å²) in [5, 5.41) is 11.5. The molecule has 0 radical (unpaired) electrons. The van der Waals surface area contributed by atoms with Gasteiger partial charge in [0.2, 0.25) is 0 Å². The van der Waals surface area contributed by atoms with Gasteiger partial charge in [-0.2, -0.15) is 5.10 Å². The van der Waals surface area contributed by atoms with E-state index in [1.807, 2.05) is 14.0 Å². The molecule has 2 aliphatic carbocycles. The molecule has 2 fully saturated rings. The monoisotopic (exact) mass is 317 g/mol. The third kappa shape index (κ3) is 3.88. The van der Waals surface area contributed by atoms with E-state index >= 15 is 0 Å². The van der Waals surface area contributed by atoms with Crippen LogP contribution in [0.15, 0.2) is 11.1 Å². The van der Waals surface area contributed by atoms with Gasteiger partial charge in [0, 0.05) is 32.4 Å². The number of nitrogens with one attached hydrogen (secondary N) is 2. The van der Waals surface area contributed by atoms with Gasteiger partial charge in [-0.05, 0) is 63.4 Å². The number of hydrogen-bond donors (Lipinski definition) is 2. The minimum Gasteiger partial charge on any atom is -0.356 e. The van der Waals surface area contributed by atoms with E-state index in [2.05, 4.69) is 38.4 Å². The number of aryl methyl sites for hydroxylation is 3. The molecule has 1 heterocycles. The maximum absolute atomic E-state index is 4.50. The van der Waals surface area contributed by atoms with Crippen LogP contribution in [0.3, 0.4) is 0 Å². The number of aromatic nitrogens is 2. The Labute approximate surface area is 139 Å². The van der Waals surface area contributed by atoms with Crippen LogP contribution in [-0.4, -0.2) is 35.9 Å². The topological polar surface area (TPSA) is 54.2 Å². The van der Waals surface area contributed by atoms with E-state index in [-0.39, 0.29) is 0 Å². The molecule has 5 heteroatoms. The van der Waals surface area contributed by atoms with Crippen LogP contribution in [0.4, 0.5) is 0 Å². The molecule has 128 valence electrons. The van der Waals surface area contributed by atoms with Gasteiger partial charge in [-0.15, -0.1) is 0 Å². The second-order valence-corrected chi connectivity index (χ2v) is 7.35. The number of aliphatic imine (C=N–C) groups is 1. The van der Waals surface area contributed by atoms with Crippen LogP contribution < -0.4 is 10.6 Å². The Morgan fingerprint density at radius 2 is 2.13 bits per heavy atom. The Morgan fingerprint density at radius 3 is 2.65 bits per heavy atom. The third-order valence-electron chi connectivity index (χ3n) is 5.57. The van der Waals surface area contributed by atoms with E-state index in [9.17, 15) is 0 Å². The number of rotatable bonds is 7. The fourth-order valence-electron chi connectivity index (χ4n) is 3.87. The zero-order valence-corrected chi connectivity index (χ0v) is 14.9. The van der Waals surface area contributed by atoms with Gasteiger partial charge in [0.05, 0.1) is 5.69 Å². The highest BCUT2D eigenvalue weighted by molar-refractivity contribution is 5.79. The van der Waals surface area contributed by atoms with Crippen LogP contribution in [0.1, 0.15) is 49.9 Å². The van der Waals surface area contributed by atoms with Gasteiger partial charge in [-0.1, -0.05) is 6.42 Å². The molecule has 3 rings (SSSR count). The lowest BCUT2D eigenvalue weighted by Crippen LogP contribution is -2.47. The van der Waals surface area contributed by atoms with Gasteiger partial charge in [-0.25, -0.2) is 0 Å². The van der Waals surface area contributed by atoms with Crippen LogP contribution in [-0.2, 0) is 6.54 Å². The first-order valence-electron chi connectivity index (χ1n) is 9.08. The normalized spacial score (nSPS) is 20.2. The fraction of sp³-hybridized carbons (Fsp3) is 0.778. The summed E-state index contributed by atoms with van der Waals surface area (Å²) in [6.45, 7) is 7.13. The van der Waals surface area contributed by atoms with E-state index in [4.69, 9.17) is 0 Å². The zero-order valence-electron chi connectivity index (χ0n) is 14.9. The average Bonchev–Trinajstić information content (AvgIpc) is 3.26. The largest absolute Gasteiger partial charge is 0.356 e. The second kappa shape index (κ2) is 6.93. The maximum Gasteiger partial charge on any atom is 0.190 e. The lowest BCUT2D eigenvalue weighted by Gasteiger charge is -2.43. The molecule has 0 unspecified atom stereocenters. The predicted molar refractivity (Wildman–Crippen MR) is 94.7 cm³/mol. The Morgan fingerprint density at radius 1 is 1.35 bits per heavy atom. The van der Waals surface area contributed by atoms with E-state index in [0.717, 1.165) is 43.6 Å². The van der Waals surface area contributed by atoms with Crippen molar-refractivity contribution in [1.29, 1.82) is 0 Å². The molecule has 2 N–H and O–H groups in total. The van der Waals surface area contributed by atoms with E-state index < -0.39 is 0 Å². The molecule has 23 heavy (non-hydrogen) atoms. The first-order valence-corrected chi connectivity index (χ1v) is 9.08. The molecule has 0 atom stereocenters. The molecular formula is C18H31N5. The Bertz CT molecular complexity index is 552. The second-order valence-electron chi connectivity index (χ2n) is 7.35. The summed E-state index contributed by atoms with van der Waals surface area (Å²) in [4.78, 5) is 4.37. The first kappa shape index (κ1) is 16.3. The summed E-state index contributed by atoms with van der Waals surface area (Å²) in [6, 6.07) is 2.13. The third-order valence-corrected chi connectivity index (χ3v) is 5.57. The van der Waals surface area contributed by atoms with E-state index in [1.54, 1.807) is 0 Å². The SMILES string of the molecule is CN=C(NCCCn1nc(C)cc1C)NCC1(C2CC2)CCC1. The highest BCUT2D eigenvalue weighted by atomic mass is 15.3. The highest BCUT2D eigenvalue weighted by Gasteiger charge is 2.48. The summed E-state index contributed by atoms with van der Waals surface area (Å²) in [5.74, 6) is 1.93. The Hall–Kier alpha value is -1.52. The van der Waals surface area contributed by atoms with Crippen LogP contribution >= 0.6 is 0 Å². The summed E-state index contributed by atoms with van der Waals surface area (Å²) in [7, 11) is 1.86. The smallest absolute Gasteiger partial charge is 0.190 e. The fourth-order valence-corrected chi connectivity index (χ4v) is 3.87. The van der Waals surface area contributed by atoms with Crippen molar-refractivity contribution in [2.75, 3.05) is 20.1 Å². The van der Waals surface area contributed by atoms with Gasteiger partial charge in [0.15, 0.2) is 5.96 Å². The van der Waals surface area contributed by atoms with Crippen LogP contribution in [0.2, 0.25) is 0 Å². The van der Waals surface area contributed by atoms with E-state index in [1.165, 1.54) is 37.8 Å². The molecule has 2 saturated carbocycles. The minimum atomic E-state index is 0.585. The van der Waals surface area contributed by atoms with Crippen molar-refractivity contribution in [1.82, 2.24) is 20.4 Å². The Kier molecular flexibility index (Phi) is 4.93. The molecule has 0 bridgehead atoms. The van der Waals surface area contributed by atoms with Crippen molar-refractivity contribution in [2.24, 2.45) is 16.3 Å². The first-order chi connectivity index (χ1) is 11.1. The van der Waals surface area contributed by atoms with Crippen LogP contribution in [0, 0.1) is 25.2 Å². The minimum absolute atomic E-state index is 0.585. The zero-order chi connectivity index (χ0) is 16.3. The quantitative estimate of drug-likeness (QED) is 0.462. The molecular weight excluding hydrogens is 286 g/mol. The molecule has 0 spiro atoms. The van der Waals surface area contributed by atoms with Crippen molar-refractivity contribution >= 4 is 5.96 Å². The molecule has 0 aromatic carbocycles. The summed E-state index contributed by atoms with van der Waals surface area (Å²) >= 11 is 0. The molecule has 1 aromatic heterocycles. The molecule has 0 amide bonds. The number of hydrogen-bond acceptors (Lipinski definition) is 2. The summed E-state index contributed by atoms with van der Waals surface area (Å²) < 4.78 is 2.09. The van der Waals surface area contributed by atoms with E-state index in [0.29, 0.717) is 5.41 Å². The van der Waals surface area contributed by atoms with Crippen molar-refractivity contribution in [3.05, 3.63) is 17.5 Å².